The first-order valence-corrected chi connectivity index (χ1v) is 7.99. The molecule has 1 aromatic carbocycles. The zero-order valence-electron chi connectivity index (χ0n) is 13.5. The van der Waals surface area contributed by atoms with Gasteiger partial charge in [0.05, 0.1) is 0 Å². The van der Waals surface area contributed by atoms with Crippen molar-refractivity contribution in [1.82, 2.24) is 4.72 Å². The van der Waals surface area contributed by atoms with Crippen LogP contribution in [-0.2, 0) is 16.1 Å². The van der Waals surface area contributed by atoms with Crippen LogP contribution >= 0.6 is 11.9 Å². The lowest BCUT2D eigenvalue weighted by molar-refractivity contribution is -0.158. The molecule has 0 aliphatic heterocycles. The topological polar surface area (TPSA) is 64.3 Å². The van der Waals surface area contributed by atoms with Gasteiger partial charge in [-0.25, -0.2) is 4.72 Å². The van der Waals surface area contributed by atoms with Gasteiger partial charge in [-0.05, 0) is 50.3 Å². The van der Waals surface area contributed by atoms with Gasteiger partial charge in [-0.3, -0.25) is 4.79 Å². The van der Waals surface area contributed by atoms with Gasteiger partial charge in [0.2, 0.25) is 0 Å². The Balaban J connectivity index is 2.73. The molecular formula is C16H26N2O2S. The molecule has 21 heavy (non-hydrogen) atoms. The van der Waals surface area contributed by atoms with Crippen molar-refractivity contribution in [3.05, 3.63) is 29.8 Å². The van der Waals surface area contributed by atoms with Gasteiger partial charge >= 0.3 is 5.97 Å². The van der Waals surface area contributed by atoms with Crippen LogP contribution in [0, 0.1) is 5.92 Å². The third kappa shape index (κ3) is 6.08. The minimum Gasteiger partial charge on any atom is -0.459 e. The van der Waals surface area contributed by atoms with Crippen molar-refractivity contribution in [2.45, 2.75) is 57.7 Å². The van der Waals surface area contributed by atoms with E-state index in [1.807, 2.05) is 58.9 Å². The van der Waals surface area contributed by atoms with E-state index in [2.05, 4.69) is 4.72 Å². The van der Waals surface area contributed by atoms with Gasteiger partial charge in [0, 0.05) is 11.4 Å². The number of nitrogens with two attached hydrogens (primary N) is 1. The SMILES string of the molecule is CC(C)[C@@H](NSc1ccccc1CN)C(=O)OC(C)(C)C. The number of rotatable bonds is 6. The Kier molecular flexibility index (Phi) is 6.71. The molecule has 0 radical (unpaired) electrons. The van der Waals surface area contributed by atoms with E-state index in [0.717, 1.165) is 10.5 Å². The van der Waals surface area contributed by atoms with E-state index in [1.54, 1.807) is 0 Å². The molecule has 0 heterocycles. The predicted molar refractivity (Wildman–Crippen MR) is 87.8 cm³/mol. The molecule has 0 aliphatic rings. The summed E-state index contributed by atoms with van der Waals surface area (Å²) in [6, 6.07) is 7.54. The van der Waals surface area contributed by atoms with Gasteiger partial charge in [0.15, 0.2) is 0 Å². The largest absolute Gasteiger partial charge is 0.459 e. The van der Waals surface area contributed by atoms with Crippen LogP contribution in [0.3, 0.4) is 0 Å². The van der Waals surface area contributed by atoms with E-state index in [-0.39, 0.29) is 17.9 Å². The highest BCUT2D eigenvalue weighted by Crippen LogP contribution is 2.22. The standard InChI is InChI=1S/C16H26N2O2S/c1-11(2)14(15(19)20-16(3,4)5)18-21-13-9-7-6-8-12(13)10-17/h6-9,11,14,18H,10,17H2,1-5H3/t14-/m1/s1. The van der Waals surface area contributed by atoms with Gasteiger partial charge in [0.1, 0.15) is 11.6 Å². The molecule has 5 heteroatoms. The normalized spacial score (nSPS) is 13.3. The first kappa shape index (κ1) is 18.0. The molecule has 3 N–H and O–H groups in total. The summed E-state index contributed by atoms with van der Waals surface area (Å²) in [5.41, 5.74) is 6.30. The zero-order chi connectivity index (χ0) is 16.0. The van der Waals surface area contributed by atoms with Crippen molar-refractivity contribution in [1.29, 1.82) is 0 Å². The quantitative estimate of drug-likeness (QED) is 0.624. The smallest absolute Gasteiger partial charge is 0.324 e. The second-order valence-corrected chi connectivity index (χ2v) is 7.17. The third-order valence-electron chi connectivity index (χ3n) is 2.82. The van der Waals surface area contributed by atoms with E-state index in [1.165, 1.54) is 11.9 Å². The fourth-order valence-corrected chi connectivity index (χ4v) is 2.77. The van der Waals surface area contributed by atoms with Crippen molar-refractivity contribution in [3.8, 4) is 0 Å². The summed E-state index contributed by atoms with van der Waals surface area (Å²) in [7, 11) is 0. The molecule has 0 aliphatic carbocycles. The van der Waals surface area contributed by atoms with E-state index in [4.69, 9.17) is 10.5 Å². The highest BCUT2D eigenvalue weighted by molar-refractivity contribution is 7.97. The monoisotopic (exact) mass is 310 g/mol. The van der Waals surface area contributed by atoms with E-state index >= 15 is 0 Å². The van der Waals surface area contributed by atoms with Gasteiger partial charge in [-0.1, -0.05) is 32.0 Å². The lowest BCUT2D eigenvalue weighted by Gasteiger charge is -2.26. The maximum Gasteiger partial charge on any atom is 0.324 e. The second-order valence-electron chi connectivity index (χ2n) is 6.29. The van der Waals surface area contributed by atoms with Crippen LogP contribution in [0.25, 0.3) is 0 Å². The molecule has 0 saturated heterocycles. The fourth-order valence-electron chi connectivity index (χ4n) is 1.72. The molecular weight excluding hydrogens is 284 g/mol. The summed E-state index contributed by atoms with van der Waals surface area (Å²) in [5.74, 6) is -0.0902. The van der Waals surface area contributed by atoms with Crippen molar-refractivity contribution in [2.75, 3.05) is 0 Å². The molecule has 0 saturated carbocycles. The Morgan fingerprint density at radius 2 is 1.95 bits per heavy atom. The van der Waals surface area contributed by atoms with Gasteiger partial charge in [0.25, 0.3) is 0 Å². The van der Waals surface area contributed by atoms with Gasteiger partial charge < -0.3 is 10.5 Å². The Hall–Kier alpha value is -1.04. The molecule has 0 aromatic heterocycles. The van der Waals surface area contributed by atoms with Crippen LogP contribution in [-0.4, -0.2) is 17.6 Å². The Morgan fingerprint density at radius 1 is 1.33 bits per heavy atom. The zero-order valence-corrected chi connectivity index (χ0v) is 14.3. The molecule has 0 unspecified atom stereocenters. The lowest BCUT2D eigenvalue weighted by Crippen LogP contribution is -2.41. The third-order valence-corrected chi connectivity index (χ3v) is 3.81. The minimum atomic E-state index is -0.480. The molecule has 4 nitrogen and oxygen atoms in total. The number of hydrogen-bond donors (Lipinski definition) is 2. The molecule has 0 bridgehead atoms. The summed E-state index contributed by atoms with van der Waals surface area (Å²) in [5, 5.41) is 0. The van der Waals surface area contributed by atoms with Crippen molar-refractivity contribution in [3.63, 3.8) is 0 Å². The minimum absolute atomic E-state index is 0.136. The van der Waals surface area contributed by atoms with Crippen molar-refractivity contribution in [2.24, 2.45) is 11.7 Å². The van der Waals surface area contributed by atoms with Crippen LogP contribution in [0.2, 0.25) is 0 Å². The Morgan fingerprint density at radius 3 is 2.48 bits per heavy atom. The number of esters is 1. The maximum absolute atomic E-state index is 12.3. The predicted octanol–water partition coefficient (Wildman–Crippen LogP) is 3.11. The molecule has 0 amide bonds. The number of benzene rings is 1. The number of carbonyl (C=O) groups is 1. The van der Waals surface area contributed by atoms with E-state index in [9.17, 15) is 4.79 Å². The highest BCUT2D eigenvalue weighted by Gasteiger charge is 2.27. The number of carbonyl (C=O) groups excluding carboxylic acids is 1. The number of ether oxygens (including phenoxy) is 1. The molecule has 1 aromatic rings. The summed E-state index contributed by atoms with van der Waals surface area (Å²) >= 11 is 1.43. The molecule has 1 atom stereocenters. The first-order chi connectivity index (χ1) is 9.74. The summed E-state index contributed by atoms with van der Waals surface area (Å²) in [4.78, 5) is 13.3. The maximum atomic E-state index is 12.3. The lowest BCUT2D eigenvalue weighted by atomic mass is 10.1. The molecule has 0 fully saturated rings. The van der Waals surface area contributed by atoms with E-state index in [0.29, 0.717) is 6.54 Å². The molecule has 118 valence electrons. The highest BCUT2D eigenvalue weighted by atomic mass is 32.2. The van der Waals surface area contributed by atoms with Crippen LogP contribution in [0.1, 0.15) is 40.2 Å². The fraction of sp³-hybridized carbons (Fsp3) is 0.562. The van der Waals surface area contributed by atoms with Crippen LogP contribution in [0.4, 0.5) is 0 Å². The summed E-state index contributed by atoms with van der Waals surface area (Å²) in [6.07, 6.45) is 0. The van der Waals surface area contributed by atoms with Crippen LogP contribution in [0.5, 0.6) is 0 Å². The van der Waals surface area contributed by atoms with Gasteiger partial charge in [-0.15, -0.1) is 0 Å². The van der Waals surface area contributed by atoms with E-state index < -0.39 is 5.60 Å². The van der Waals surface area contributed by atoms with Crippen LogP contribution in [0.15, 0.2) is 29.2 Å². The first-order valence-electron chi connectivity index (χ1n) is 7.18. The number of nitrogens with one attached hydrogen (secondary N) is 1. The van der Waals surface area contributed by atoms with Gasteiger partial charge in [-0.2, -0.15) is 0 Å². The Bertz CT molecular complexity index is 470. The van der Waals surface area contributed by atoms with Crippen LogP contribution < -0.4 is 10.5 Å². The van der Waals surface area contributed by atoms with Crippen molar-refractivity contribution >= 4 is 17.9 Å². The number of hydrogen-bond acceptors (Lipinski definition) is 5. The molecule has 0 spiro atoms. The summed E-state index contributed by atoms with van der Waals surface area (Å²) < 4.78 is 8.69. The average molecular weight is 310 g/mol. The Labute approximate surface area is 132 Å². The second kappa shape index (κ2) is 7.82. The van der Waals surface area contributed by atoms with Crippen molar-refractivity contribution < 1.29 is 9.53 Å². The average Bonchev–Trinajstić information content (AvgIpc) is 2.36. The molecule has 1 rings (SSSR count). The summed E-state index contributed by atoms with van der Waals surface area (Å²) in [6.45, 7) is 10.1.